The van der Waals surface area contributed by atoms with Crippen LogP contribution in [0.25, 0.3) is 5.65 Å². The van der Waals surface area contributed by atoms with E-state index in [1.807, 2.05) is 17.6 Å². The van der Waals surface area contributed by atoms with Crippen LogP contribution >= 0.6 is 0 Å². The SMILES string of the molecule is CNC1CCN(c2nccn3cnnc23)CC1. The van der Waals surface area contributed by atoms with E-state index in [0.717, 1.165) is 37.4 Å². The molecule has 1 N–H and O–H groups in total. The summed E-state index contributed by atoms with van der Waals surface area (Å²) < 4.78 is 1.91. The lowest BCUT2D eigenvalue weighted by atomic mass is 10.1. The van der Waals surface area contributed by atoms with E-state index in [1.165, 1.54) is 0 Å². The van der Waals surface area contributed by atoms with Gasteiger partial charge in [0, 0.05) is 31.5 Å². The van der Waals surface area contributed by atoms with Gasteiger partial charge in [0.2, 0.25) is 5.65 Å². The van der Waals surface area contributed by atoms with Gasteiger partial charge in [-0.05, 0) is 19.9 Å². The fourth-order valence-corrected chi connectivity index (χ4v) is 2.35. The Morgan fingerprint density at radius 2 is 2.18 bits per heavy atom. The molecular weight excluding hydrogens is 216 g/mol. The van der Waals surface area contributed by atoms with E-state index >= 15 is 0 Å². The van der Waals surface area contributed by atoms with Crippen LogP contribution in [0.4, 0.5) is 5.82 Å². The molecule has 0 bridgehead atoms. The molecule has 1 aliphatic heterocycles. The predicted molar refractivity (Wildman–Crippen MR) is 65.1 cm³/mol. The monoisotopic (exact) mass is 232 g/mol. The molecule has 0 radical (unpaired) electrons. The number of nitrogens with zero attached hydrogens (tertiary/aromatic N) is 5. The molecule has 17 heavy (non-hydrogen) atoms. The Labute approximate surface area is 99.7 Å². The lowest BCUT2D eigenvalue weighted by molar-refractivity contribution is 0.441. The minimum absolute atomic E-state index is 0.629. The molecule has 2 aromatic heterocycles. The molecule has 3 heterocycles. The van der Waals surface area contributed by atoms with Gasteiger partial charge in [-0.25, -0.2) is 4.98 Å². The van der Waals surface area contributed by atoms with Crippen molar-refractivity contribution in [3.8, 4) is 0 Å². The molecule has 2 aromatic rings. The molecular formula is C11H16N6. The standard InChI is InChI=1S/C11H16N6/c1-12-9-2-5-16(6-3-9)10-11-15-14-8-17(11)7-4-13-10/h4,7-9,12H,2-3,5-6H2,1H3. The highest BCUT2D eigenvalue weighted by Gasteiger charge is 2.21. The minimum Gasteiger partial charge on any atom is -0.353 e. The van der Waals surface area contributed by atoms with Crippen molar-refractivity contribution in [1.29, 1.82) is 0 Å². The zero-order chi connectivity index (χ0) is 11.7. The summed E-state index contributed by atoms with van der Waals surface area (Å²) in [7, 11) is 2.03. The highest BCUT2D eigenvalue weighted by molar-refractivity contribution is 5.63. The molecule has 0 amide bonds. The molecule has 6 heteroatoms. The van der Waals surface area contributed by atoms with Gasteiger partial charge < -0.3 is 10.2 Å². The van der Waals surface area contributed by atoms with E-state index in [1.54, 1.807) is 12.5 Å². The van der Waals surface area contributed by atoms with Crippen molar-refractivity contribution >= 4 is 11.5 Å². The van der Waals surface area contributed by atoms with Crippen LogP contribution in [0.3, 0.4) is 0 Å². The molecule has 1 saturated heterocycles. The van der Waals surface area contributed by atoms with Crippen LogP contribution in [0.15, 0.2) is 18.7 Å². The van der Waals surface area contributed by atoms with Gasteiger partial charge >= 0.3 is 0 Å². The van der Waals surface area contributed by atoms with E-state index in [2.05, 4.69) is 25.4 Å². The smallest absolute Gasteiger partial charge is 0.203 e. The summed E-state index contributed by atoms with van der Waals surface area (Å²) >= 11 is 0. The summed E-state index contributed by atoms with van der Waals surface area (Å²) in [4.78, 5) is 6.73. The maximum atomic E-state index is 4.44. The van der Waals surface area contributed by atoms with E-state index in [4.69, 9.17) is 0 Å². The Bertz CT molecular complexity index is 499. The first-order chi connectivity index (χ1) is 8.38. The molecule has 1 fully saturated rings. The van der Waals surface area contributed by atoms with Gasteiger partial charge in [-0.3, -0.25) is 4.40 Å². The maximum absolute atomic E-state index is 4.44. The van der Waals surface area contributed by atoms with E-state index in [0.29, 0.717) is 6.04 Å². The third-order valence-electron chi connectivity index (χ3n) is 3.40. The molecule has 3 rings (SSSR count). The molecule has 0 atom stereocenters. The first-order valence-corrected chi connectivity index (χ1v) is 5.95. The molecule has 0 saturated carbocycles. The van der Waals surface area contributed by atoms with Crippen molar-refractivity contribution in [2.24, 2.45) is 0 Å². The van der Waals surface area contributed by atoms with Crippen molar-refractivity contribution in [1.82, 2.24) is 24.9 Å². The molecule has 0 unspecified atom stereocenters. The lowest BCUT2D eigenvalue weighted by Crippen LogP contribution is -2.41. The normalized spacial score (nSPS) is 17.8. The van der Waals surface area contributed by atoms with Crippen molar-refractivity contribution in [2.45, 2.75) is 18.9 Å². The van der Waals surface area contributed by atoms with Crippen molar-refractivity contribution in [3.05, 3.63) is 18.7 Å². The number of anilines is 1. The Balaban J connectivity index is 1.87. The van der Waals surface area contributed by atoms with E-state index < -0.39 is 0 Å². The van der Waals surface area contributed by atoms with Gasteiger partial charge in [0.25, 0.3) is 0 Å². The molecule has 6 nitrogen and oxygen atoms in total. The van der Waals surface area contributed by atoms with Crippen molar-refractivity contribution in [3.63, 3.8) is 0 Å². The van der Waals surface area contributed by atoms with Crippen molar-refractivity contribution in [2.75, 3.05) is 25.0 Å². The molecule has 90 valence electrons. The largest absolute Gasteiger partial charge is 0.353 e. The van der Waals surface area contributed by atoms with Gasteiger partial charge in [0.1, 0.15) is 6.33 Å². The first kappa shape index (κ1) is 10.5. The zero-order valence-electron chi connectivity index (χ0n) is 9.87. The number of fused-ring (bicyclic) bond motifs is 1. The summed E-state index contributed by atoms with van der Waals surface area (Å²) in [5, 5.41) is 11.4. The van der Waals surface area contributed by atoms with Crippen LogP contribution in [-0.4, -0.2) is 45.8 Å². The van der Waals surface area contributed by atoms with Gasteiger partial charge in [0.05, 0.1) is 0 Å². The average Bonchev–Trinajstić information content (AvgIpc) is 2.87. The quantitative estimate of drug-likeness (QED) is 0.807. The zero-order valence-corrected chi connectivity index (χ0v) is 9.87. The summed E-state index contributed by atoms with van der Waals surface area (Å²) in [6.07, 6.45) is 7.68. The number of rotatable bonds is 2. The summed E-state index contributed by atoms with van der Waals surface area (Å²) in [5.74, 6) is 0.944. The van der Waals surface area contributed by atoms with E-state index in [9.17, 15) is 0 Å². The van der Waals surface area contributed by atoms with Gasteiger partial charge in [-0.2, -0.15) is 0 Å². The van der Waals surface area contributed by atoms with Crippen LogP contribution < -0.4 is 10.2 Å². The number of hydrogen-bond donors (Lipinski definition) is 1. The Kier molecular flexibility index (Phi) is 2.64. The van der Waals surface area contributed by atoms with Crippen LogP contribution in [0, 0.1) is 0 Å². The topological polar surface area (TPSA) is 58.4 Å². The molecule has 0 spiro atoms. The number of piperidine rings is 1. The molecule has 0 aliphatic carbocycles. The van der Waals surface area contributed by atoms with Crippen LogP contribution in [0.1, 0.15) is 12.8 Å². The van der Waals surface area contributed by atoms with Crippen LogP contribution in [0.2, 0.25) is 0 Å². The maximum Gasteiger partial charge on any atom is 0.203 e. The third-order valence-corrected chi connectivity index (χ3v) is 3.40. The number of hydrogen-bond acceptors (Lipinski definition) is 5. The number of aromatic nitrogens is 4. The van der Waals surface area contributed by atoms with Crippen molar-refractivity contribution < 1.29 is 0 Å². The summed E-state index contributed by atoms with van der Waals surface area (Å²) in [6.45, 7) is 2.04. The van der Waals surface area contributed by atoms with Crippen LogP contribution in [0.5, 0.6) is 0 Å². The van der Waals surface area contributed by atoms with Gasteiger partial charge in [-0.1, -0.05) is 0 Å². The summed E-state index contributed by atoms with van der Waals surface area (Å²) in [5.41, 5.74) is 0.843. The average molecular weight is 232 g/mol. The van der Waals surface area contributed by atoms with E-state index in [-0.39, 0.29) is 0 Å². The highest BCUT2D eigenvalue weighted by atomic mass is 15.3. The number of nitrogens with one attached hydrogen (secondary N) is 1. The Morgan fingerprint density at radius 1 is 1.35 bits per heavy atom. The fourth-order valence-electron chi connectivity index (χ4n) is 2.35. The van der Waals surface area contributed by atoms with Crippen LogP contribution in [-0.2, 0) is 0 Å². The molecule has 1 aliphatic rings. The first-order valence-electron chi connectivity index (χ1n) is 5.95. The fraction of sp³-hybridized carbons (Fsp3) is 0.545. The van der Waals surface area contributed by atoms with Gasteiger partial charge in [-0.15, -0.1) is 10.2 Å². The third kappa shape index (κ3) is 1.84. The Morgan fingerprint density at radius 3 is 2.94 bits per heavy atom. The second-order valence-corrected chi connectivity index (χ2v) is 4.36. The van der Waals surface area contributed by atoms with Gasteiger partial charge in [0.15, 0.2) is 5.82 Å². The minimum atomic E-state index is 0.629. The highest BCUT2D eigenvalue weighted by Crippen LogP contribution is 2.20. The lowest BCUT2D eigenvalue weighted by Gasteiger charge is -2.32. The second-order valence-electron chi connectivity index (χ2n) is 4.36. The second kappa shape index (κ2) is 4.29. The summed E-state index contributed by atoms with van der Waals surface area (Å²) in [6, 6.07) is 0.629. The predicted octanol–water partition coefficient (Wildman–Crippen LogP) is 0.312. The molecule has 0 aromatic carbocycles. The Hall–Kier alpha value is -1.69.